The van der Waals surface area contributed by atoms with Gasteiger partial charge in [-0.1, -0.05) is 6.07 Å². The SMILES string of the molecule is O=C(O)c1cccc(S(=O)(=O)N(CCO)CC(F)(F)F)c1. The minimum absolute atomic E-state index is 0.0496. The quantitative estimate of drug-likeness (QED) is 0.810. The van der Waals surface area contributed by atoms with Gasteiger partial charge < -0.3 is 10.2 Å². The summed E-state index contributed by atoms with van der Waals surface area (Å²) >= 11 is 0. The van der Waals surface area contributed by atoms with Gasteiger partial charge in [0.15, 0.2) is 0 Å². The zero-order valence-corrected chi connectivity index (χ0v) is 11.4. The van der Waals surface area contributed by atoms with Gasteiger partial charge in [-0.15, -0.1) is 0 Å². The fourth-order valence-electron chi connectivity index (χ4n) is 1.53. The van der Waals surface area contributed by atoms with Crippen molar-refractivity contribution in [1.29, 1.82) is 0 Å². The summed E-state index contributed by atoms with van der Waals surface area (Å²) in [7, 11) is -4.56. The minimum atomic E-state index is -4.79. The fraction of sp³-hybridized carbons (Fsp3) is 0.364. The van der Waals surface area contributed by atoms with E-state index in [0.717, 1.165) is 24.3 Å². The molecule has 0 saturated heterocycles. The molecule has 0 fully saturated rings. The number of aromatic carboxylic acids is 1. The Morgan fingerprint density at radius 1 is 1.29 bits per heavy atom. The Hall–Kier alpha value is -1.65. The maximum atomic E-state index is 12.4. The van der Waals surface area contributed by atoms with Crippen LogP contribution in [0, 0.1) is 0 Å². The third-order valence-corrected chi connectivity index (χ3v) is 4.26. The summed E-state index contributed by atoms with van der Waals surface area (Å²) in [6.45, 7) is -3.32. The van der Waals surface area contributed by atoms with Gasteiger partial charge in [0, 0.05) is 6.54 Å². The van der Waals surface area contributed by atoms with E-state index in [-0.39, 0.29) is 9.87 Å². The second kappa shape index (κ2) is 6.41. The Bertz CT molecular complexity index is 615. The number of halogens is 3. The molecule has 2 N–H and O–H groups in total. The summed E-state index contributed by atoms with van der Waals surface area (Å²) in [6, 6.07) is 3.98. The van der Waals surface area contributed by atoms with Crippen molar-refractivity contribution in [3.63, 3.8) is 0 Å². The number of carbonyl (C=O) groups is 1. The molecule has 0 saturated carbocycles. The number of aliphatic hydroxyl groups is 1. The fourth-order valence-corrected chi connectivity index (χ4v) is 3.00. The Morgan fingerprint density at radius 3 is 2.38 bits per heavy atom. The molecule has 10 heteroatoms. The van der Waals surface area contributed by atoms with Gasteiger partial charge >= 0.3 is 12.1 Å². The lowest BCUT2D eigenvalue weighted by atomic mass is 10.2. The number of alkyl halides is 3. The van der Waals surface area contributed by atoms with E-state index >= 15 is 0 Å². The number of aliphatic hydroxyl groups excluding tert-OH is 1. The smallest absolute Gasteiger partial charge is 0.402 e. The zero-order chi connectivity index (χ0) is 16.3. The molecule has 0 radical (unpaired) electrons. The van der Waals surface area contributed by atoms with E-state index in [1.807, 2.05) is 0 Å². The standard InChI is InChI=1S/C11H12F3NO5S/c12-11(13,14)7-15(4-5-16)21(19,20)9-3-1-2-8(6-9)10(17)18/h1-3,6,16H,4-5,7H2,(H,17,18). The van der Waals surface area contributed by atoms with Crippen LogP contribution in [0.5, 0.6) is 0 Å². The van der Waals surface area contributed by atoms with E-state index in [1.54, 1.807) is 0 Å². The summed E-state index contributed by atoms with van der Waals surface area (Å²) in [5.74, 6) is -1.41. The number of hydrogen-bond donors (Lipinski definition) is 2. The third kappa shape index (κ3) is 4.69. The molecule has 0 atom stereocenters. The van der Waals surface area contributed by atoms with Crippen LogP contribution in [0.25, 0.3) is 0 Å². The van der Waals surface area contributed by atoms with Gasteiger partial charge in [-0.05, 0) is 18.2 Å². The van der Waals surface area contributed by atoms with Gasteiger partial charge in [0.05, 0.1) is 17.1 Å². The Morgan fingerprint density at radius 2 is 1.90 bits per heavy atom. The molecular weight excluding hydrogens is 315 g/mol. The highest BCUT2D eigenvalue weighted by atomic mass is 32.2. The summed E-state index contributed by atoms with van der Waals surface area (Å²) in [6.07, 6.45) is -4.79. The van der Waals surface area contributed by atoms with Crippen LogP contribution < -0.4 is 0 Å². The average Bonchev–Trinajstić information content (AvgIpc) is 2.37. The van der Waals surface area contributed by atoms with Crippen LogP contribution in [-0.2, 0) is 10.0 Å². The van der Waals surface area contributed by atoms with E-state index < -0.39 is 46.8 Å². The van der Waals surface area contributed by atoms with Crippen LogP contribution in [0.15, 0.2) is 29.2 Å². The van der Waals surface area contributed by atoms with E-state index in [1.165, 1.54) is 0 Å². The van der Waals surface area contributed by atoms with Crippen LogP contribution >= 0.6 is 0 Å². The van der Waals surface area contributed by atoms with Crippen LogP contribution in [-0.4, -0.2) is 54.8 Å². The third-order valence-electron chi connectivity index (χ3n) is 2.42. The number of carboxylic acids is 1. The van der Waals surface area contributed by atoms with E-state index in [0.29, 0.717) is 0 Å². The predicted molar refractivity (Wildman–Crippen MR) is 65.3 cm³/mol. The van der Waals surface area contributed by atoms with Crippen LogP contribution in [0.3, 0.4) is 0 Å². The first kappa shape index (κ1) is 17.4. The Kier molecular flexibility index (Phi) is 5.31. The summed E-state index contributed by atoms with van der Waals surface area (Å²) < 4.78 is 61.4. The van der Waals surface area contributed by atoms with Crippen molar-refractivity contribution in [2.24, 2.45) is 0 Å². The van der Waals surface area contributed by atoms with Crippen LogP contribution in [0.1, 0.15) is 10.4 Å². The molecule has 0 unspecified atom stereocenters. The van der Waals surface area contributed by atoms with Gasteiger partial charge in [0.25, 0.3) is 0 Å². The van der Waals surface area contributed by atoms with Crippen molar-refractivity contribution in [3.05, 3.63) is 29.8 Å². The van der Waals surface area contributed by atoms with Crippen molar-refractivity contribution >= 4 is 16.0 Å². The maximum absolute atomic E-state index is 12.4. The van der Waals surface area contributed by atoms with Crippen molar-refractivity contribution in [1.82, 2.24) is 4.31 Å². The lowest BCUT2D eigenvalue weighted by Gasteiger charge is -2.22. The average molecular weight is 327 g/mol. The Balaban J connectivity index is 3.22. The van der Waals surface area contributed by atoms with Crippen molar-refractivity contribution in [2.75, 3.05) is 19.7 Å². The lowest BCUT2D eigenvalue weighted by Crippen LogP contribution is -2.40. The van der Waals surface area contributed by atoms with E-state index in [2.05, 4.69) is 0 Å². The second-order valence-electron chi connectivity index (χ2n) is 4.01. The molecule has 0 aliphatic heterocycles. The van der Waals surface area contributed by atoms with Gasteiger partial charge in [-0.25, -0.2) is 13.2 Å². The molecule has 1 aromatic carbocycles. The summed E-state index contributed by atoms with van der Waals surface area (Å²) in [4.78, 5) is 10.2. The zero-order valence-electron chi connectivity index (χ0n) is 10.5. The lowest BCUT2D eigenvalue weighted by molar-refractivity contribution is -0.136. The molecule has 21 heavy (non-hydrogen) atoms. The van der Waals surface area contributed by atoms with Crippen molar-refractivity contribution in [3.8, 4) is 0 Å². The van der Waals surface area contributed by atoms with Crippen LogP contribution in [0.2, 0.25) is 0 Å². The van der Waals surface area contributed by atoms with Gasteiger partial charge in [0.1, 0.15) is 6.54 Å². The summed E-state index contributed by atoms with van der Waals surface area (Å²) in [5, 5.41) is 17.5. The first-order chi connectivity index (χ1) is 9.58. The first-order valence-corrected chi connectivity index (χ1v) is 7.03. The number of sulfonamides is 1. The highest BCUT2D eigenvalue weighted by molar-refractivity contribution is 7.89. The van der Waals surface area contributed by atoms with Crippen LogP contribution in [0.4, 0.5) is 13.2 Å². The Labute approximate surface area is 118 Å². The molecule has 0 aliphatic rings. The highest BCUT2D eigenvalue weighted by Gasteiger charge is 2.36. The highest BCUT2D eigenvalue weighted by Crippen LogP contribution is 2.23. The first-order valence-electron chi connectivity index (χ1n) is 5.59. The van der Waals surface area contributed by atoms with Gasteiger partial charge in [0.2, 0.25) is 10.0 Å². The van der Waals surface area contributed by atoms with Crippen molar-refractivity contribution < 1.29 is 36.6 Å². The molecule has 0 amide bonds. The maximum Gasteiger partial charge on any atom is 0.402 e. The number of carboxylic acid groups (broad SMARTS) is 1. The number of hydrogen-bond acceptors (Lipinski definition) is 4. The molecule has 118 valence electrons. The molecule has 0 bridgehead atoms. The van der Waals surface area contributed by atoms with Gasteiger partial charge in [-0.3, -0.25) is 0 Å². The topological polar surface area (TPSA) is 94.9 Å². The normalized spacial score (nSPS) is 12.6. The second-order valence-corrected chi connectivity index (χ2v) is 5.95. The monoisotopic (exact) mass is 327 g/mol. The molecule has 1 rings (SSSR count). The molecule has 6 nitrogen and oxygen atoms in total. The van der Waals surface area contributed by atoms with Gasteiger partial charge in [-0.2, -0.15) is 17.5 Å². The number of nitrogens with zero attached hydrogens (tertiary/aromatic N) is 1. The van der Waals surface area contributed by atoms with Crippen molar-refractivity contribution in [2.45, 2.75) is 11.1 Å². The minimum Gasteiger partial charge on any atom is -0.478 e. The predicted octanol–water partition coefficient (Wildman–Crippen LogP) is 0.930. The molecule has 0 aliphatic carbocycles. The number of benzene rings is 1. The van der Waals surface area contributed by atoms with E-state index in [9.17, 15) is 26.4 Å². The summed E-state index contributed by atoms with van der Waals surface area (Å²) in [5.41, 5.74) is -0.368. The van der Waals surface area contributed by atoms with E-state index in [4.69, 9.17) is 10.2 Å². The number of rotatable bonds is 6. The molecule has 1 aromatic rings. The largest absolute Gasteiger partial charge is 0.478 e. The molecule has 0 spiro atoms. The molecule has 0 heterocycles. The molecule has 0 aromatic heterocycles. The molecular formula is C11H12F3NO5S.